The summed E-state index contributed by atoms with van der Waals surface area (Å²) >= 11 is 0. The lowest BCUT2D eigenvalue weighted by molar-refractivity contribution is -0.122. The van der Waals surface area contributed by atoms with Crippen LogP contribution in [-0.4, -0.2) is 49.7 Å². The van der Waals surface area contributed by atoms with Crippen molar-refractivity contribution in [3.8, 4) is 0 Å². The number of nitrogens with one attached hydrogen (secondary N) is 2. The predicted molar refractivity (Wildman–Crippen MR) is 107 cm³/mol. The van der Waals surface area contributed by atoms with Gasteiger partial charge in [-0.05, 0) is 24.2 Å². The van der Waals surface area contributed by atoms with Crippen molar-refractivity contribution in [2.24, 2.45) is 0 Å². The lowest BCUT2D eigenvalue weighted by atomic mass is 10.1. The van der Waals surface area contributed by atoms with E-state index in [1.807, 2.05) is 0 Å². The molecule has 0 saturated carbocycles. The highest BCUT2D eigenvalue weighted by Gasteiger charge is 2.16. The van der Waals surface area contributed by atoms with Crippen LogP contribution in [0.25, 0.3) is 0 Å². The Hall–Kier alpha value is -0.850. The Morgan fingerprint density at radius 2 is 1.84 bits per heavy atom. The van der Waals surface area contributed by atoms with E-state index in [1.165, 1.54) is 5.56 Å². The van der Waals surface area contributed by atoms with Gasteiger partial charge in [0.1, 0.15) is 0 Å². The fourth-order valence-corrected chi connectivity index (χ4v) is 2.72. The Bertz CT molecular complexity index is 476. The Balaban J connectivity index is 0.00000288. The molecule has 2 N–H and O–H groups in total. The van der Waals surface area contributed by atoms with Crippen molar-refractivity contribution in [2.45, 2.75) is 39.4 Å². The van der Waals surface area contributed by atoms with Gasteiger partial charge in [0.2, 0.25) is 5.91 Å². The SMILES string of the molecule is CCN(CC)Cc1ccc(CNC(=O)CC2COCCN2)cc1.Cl.Cl. The van der Waals surface area contributed by atoms with Crippen LogP contribution in [0, 0.1) is 0 Å². The molecule has 1 aromatic carbocycles. The maximum Gasteiger partial charge on any atom is 0.221 e. The molecule has 1 aliphatic heterocycles. The molecule has 1 aliphatic rings. The lowest BCUT2D eigenvalue weighted by Crippen LogP contribution is -2.44. The normalized spacial score (nSPS) is 16.7. The second-order valence-corrected chi connectivity index (χ2v) is 5.98. The van der Waals surface area contributed by atoms with Crippen LogP contribution >= 0.6 is 24.8 Å². The maximum absolute atomic E-state index is 12.0. The number of hydrogen-bond donors (Lipinski definition) is 2. The number of amides is 1. The van der Waals surface area contributed by atoms with Crippen molar-refractivity contribution in [2.75, 3.05) is 32.8 Å². The molecule has 1 amide bonds. The van der Waals surface area contributed by atoms with Gasteiger partial charge in [-0.2, -0.15) is 0 Å². The highest BCUT2D eigenvalue weighted by atomic mass is 35.5. The van der Waals surface area contributed by atoms with E-state index in [-0.39, 0.29) is 36.8 Å². The third-order valence-electron chi connectivity index (χ3n) is 4.24. The van der Waals surface area contributed by atoms with Gasteiger partial charge >= 0.3 is 0 Å². The number of ether oxygens (including phenoxy) is 1. The summed E-state index contributed by atoms with van der Waals surface area (Å²) < 4.78 is 5.36. The van der Waals surface area contributed by atoms with Gasteiger partial charge in [0.25, 0.3) is 0 Å². The molecular formula is C18H31Cl2N3O2. The van der Waals surface area contributed by atoms with Gasteiger partial charge in [0, 0.05) is 32.1 Å². The number of halogens is 2. The van der Waals surface area contributed by atoms with Gasteiger partial charge in [0.05, 0.1) is 13.2 Å². The fourth-order valence-electron chi connectivity index (χ4n) is 2.72. The first-order chi connectivity index (χ1) is 11.2. The second-order valence-electron chi connectivity index (χ2n) is 5.98. The van der Waals surface area contributed by atoms with E-state index in [2.05, 4.69) is 53.6 Å². The van der Waals surface area contributed by atoms with Gasteiger partial charge in [-0.3, -0.25) is 9.69 Å². The van der Waals surface area contributed by atoms with Crippen molar-refractivity contribution >= 4 is 30.7 Å². The molecule has 1 heterocycles. The van der Waals surface area contributed by atoms with E-state index in [0.29, 0.717) is 19.6 Å². The Morgan fingerprint density at radius 1 is 1.20 bits per heavy atom. The largest absolute Gasteiger partial charge is 0.378 e. The number of nitrogens with zero attached hydrogens (tertiary/aromatic N) is 1. The average molecular weight is 392 g/mol. The van der Waals surface area contributed by atoms with E-state index in [4.69, 9.17) is 4.74 Å². The smallest absolute Gasteiger partial charge is 0.221 e. The molecule has 0 spiro atoms. The first kappa shape index (κ1) is 24.1. The van der Waals surface area contributed by atoms with Gasteiger partial charge in [0.15, 0.2) is 0 Å². The van der Waals surface area contributed by atoms with Gasteiger partial charge in [-0.1, -0.05) is 38.1 Å². The molecule has 0 bridgehead atoms. The number of carbonyl (C=O) groups excluding carboxylic acids is 1. The summed E-state index contributed by atoms with van der Waals surface area (Å²) in [5.41, 5.74) is 2.45. The van der Waals surface area contributed by atoms with Crippen LogP contribution in [0.3, 0.4) is 0 Å². The molecule has 1 fully saturated rings. The number of carbonyl (C=O) groups is 1. The first-order valence-corrected chi connectivity index (χ1v) is 8.59. The minimum Gasteiger partial charge on any atom is -0.378 e. The van der Waals surface area contributed by atoms with Crippen LogP contribution in [0.1, 0.15) is 31.4 Å². The topological polar surface area (TPSA) is 53.6 Å². The summed E-state index contributed by atoms with van der Waals surface area (Å²) in [4.78, 5) is 14.3. The minimum absolute atomic E-state index is 0. The summed E-state index contributed by atoms with van der Waals surface area (Å²) in [6.45, 7) is 10.2. The molecular weight excluding hydrogens is 361 g/mol. The van der Waals surface area contributed by atoms with E-state index in [0.717, 1.165) is 38.3 Å². The lowest BCUT2D eigenvalue weighted by Gasteiger charge is -2.23. The third-order valence-corrected chi connectivity index (χ3v) is 4.24. The molecule has 5 nitrogen and oxygen atoms in total. The Morgan fingerprint density at radius 3 is 2.40 bits per heavy atom. The molecule has 1 saturated heterocycles. The number of benzene rings is 1. The molecule has 7 heteroatoms. The van der Waals surface area contributed by atoms with Crippen molar-refractivity contribution in [3.63, 3.8) is 0 Å². The van der Waals surface area contributed by atoms with Crippen molar-refractivity contribution in [1.29, 1.82) is 0 Å². The van der Waals surface area contributed by atoms with Gasteiger partial charge < -0.3 is 15.4 Å². The molecule has 2 rings (SSSR count). The highest BCUT2D eigenvalue weighted by molar-refractivity contribution is 5.85. The predicted octanol–water partition coefficient (Wildman–Crippen LogP) is 2.37. The molecule has 0 aliphatic carbocycles. The standard InChI is InChI=1S/C18H29N3O2.2ClH/c1-3-21(4-2)13-16-7-5-15(6-8-16)12-20-18(22)11-17-14-23-10-9-19-17;;/h5-8,17,19H,3-4,9-14H2,1-2H3,(H,20,22);2*1H. The second kappa shape index (κ2) is 13.4. The quantitative estimate of drug-likeness (QED) is 0.713. The van der Waals surface area contributed by atoms with E-state index in [1.54, 1.807) is 0 Å². The summed E-state index contributed by atoms with van der Waals surface area (Å²) in [6.07, 6.45) is 0.472. The molecule has 0 aromatic heterocycles. The molecule has 144 valence electrons. The Kier molecular flexibility index (Phi) is 12.9. The summed E-state index contributed by atoms with van der Waals surface area (Å²) in [5.74, 6) is 0.0696. The van der Waals surface area contributed by atoms with Crippen molar-refractivity contribution < 1.29 is 9.53 Å². The van der Waals surface area contributed by atoms with Crippen LogP contribution < -0.4 is 10.6 Å². The van der Waals surface area contributed by atoms with Crippen LogP contribution in [0.5, 0.6) is 0 Å². The third kappa shape index (κ3) is 8.88. The fraction of sp³-hybridized carbons (Fsp3) is 0.611. The molecule has 1 unspecified atom stereocenters. The van der Waals surface area contributed by atoms with Crippen LogP contribution in [0.4, 0.5) is 0 Å². The van der Waals surface area contributed by atoms with Crippen molar-refractivity contribution in [1.82, 2.24) is 15.5 Å². The van der Waals surface area contributed by atoms with Crippen LogP contribution in [-0.2, 0) is 22.6 Å². The van der Waals surface area contributed by atoms with E-state index >= 15 is 0 Å². The summed E-state index contributed by atoms with van der Waals surface area (Å²) in [5, 5.41) is 6.28. The maximum atomic E-state index is 12.0. The zero-order valence-corrected chi connectivity index (χ0v) is 16.8. The van der Waals surface area contributed by atoms with Crippen LogP contribution in [0.15, 0.2) is 24.3 Å². The average Bonchev–Trinajstić information content (AvgIpc) is 2.60. The molecule has 0 radical (unpaired) electrons. The molecule has 1 atom stereocenters. The summed E-state index contributed by atoms with van der Waals surface area (Å²) in [7, 11) is 0. The first-order valence-electron chi connectivity index (χ1n) is 8.59. The van der Waals surface area contributed by atoms with Crippen LogP contribution in [0.2, 0.25) is 0 Å². The number of rotatable bonds is 8. The monoisotopic (exact) mass is 391 g/mol. The van der Waals surface area contributed by atoms with Gasteiger partial charge in [-0.25, -0.2) is 0 Å². The minimum atomic E-state index is 0. The summed E-state index contributed by atoms with van der Waals surface area (Å²) in [6, 6.07) is 8.63. The van der Waals surface area contributed by atoms with Crippen molar-refractivity contribution in [3.05, 3.63) is 35.4 Å². The Labute approximate surface area is 163 Å². The van der Waals surface area contributed by atoms with Gasteiger partial charge in [-0.15, -0.1) is 24.8 Å². The zero-order chi connectivity index (χ0) is 16.5. The zero-order valence-electron chi connectivity index (χ0n) is 15.1. The van der Waals surface area contributed by atoms with E-state index < -0.39 is 0 Å². The molecule has 25 heavy (non-hydrogen) atoms. The number of hydrogen-bond acceptors (Lipinski definition) is 4. The highest BCUT2D eigenvalue weighted by Crippen LogP contribution is 2.08. The molecule has 1 aromatic rings. The number of morpholine rings is 1. The van der Waals surface area contributed by atoms with E-state index in [9.17, 15) is 4.79 Å².